The van der Waals surface area contributed by atoms with E-state index in [2.05, 4.69) is 5.32 Å². The summed E-state index contributed by atoms with van der Waals surface area (Å²) in [7, 11) is 0. The minimum Gasteiger partial charge on any atom is -0.347 e. The average molecular weight is 327 g/mol. The van der Waals surface area contributed by atoms with Gasteiger partial charge in [0.25, 0.3) is 5.24 Å². The fourth-order valence-corrected chi connectivity index (χ4v) is 2.77. The van der Waals surface area contributed by atoms with E-state index in [0.717, 1.165) is 22.9 Å². The molecule has 2 aromatic carbocycles. The lowest BCUT2D eigenvalue weighted by Crippen LogP contribution is -2.21. The number of hydrogen-bond donors (Lipinski definition) is 1. The molecule has 0 unspecified atom stereocenters. The van der Waals surface area contributed by atoms with E-state index in [1.54, 1.807) is 6.26 Å². The molecule has 2 rings (SSSR count). The number of thioether (sulfide) groups is 1. The maximum atomic E-state index is 12.7. The highest BCUT2D eigenvalue weighted by Gasteiger charge is 2.21. The molecule has 0 aliphatic carbocycles. The summed E-state index contributed by atoms with van der Waals surface area (Å²) in [6, 6.07) is 19.7. The highest BCUT2D eigenvalue weighted by atomic mass is 32.2. The summed E-state index contributed by atoms with van der Waals surface area (Å²) >= 11 is 1.15. The normalized spacial score (nSPS) is 10.5. The Kier molecular flexibility index (Phi) is 6.88. The summed E-state index contributed by atoms with van der Waals surface area (Å²) in [4.78, 5) is 23.9. The third-order valence-electron chi connectivity index (χ3n) is 3.64. The van der Waals surface area contributed by atoms with Crippen LogP contribution in [0.4, 0.5) is 4.79 Å². The first-order valence-corrected chi connectivity index (χ1v) is 8.89. The lowest BCUT2D eigenvalue weighted by atomic mass is 9.86. The van der Waals surface area contributed by atoms with Gasteiger partial charge in [-0.2, -0.15) is 0 Å². The predicted molar refractivity (Wildman–Crippen MR) is 95.9 cm³/mol. The van der Waals surface area contributed by atoms with Gasteiger partial charge in [0.2, 0.25) is 0 Å². The van der Waals surface area contributed by atoms with Crippen molar-refractivity contribution in [2.45, 2.75) is 18.8 Å². The van der Waals surface area contributed by atoms with Crippen molar-refractivity contribution < 1.29 is 9.59 Å². The van der Waals surface area contributed by atoms with Crippen LogP contribution in [0.25, 0.3) is 0 Å². The second kappa shape index (κ2) is 9.16. The zero-order valence-corrected chi connectivity index (χ0v) is 14.0. The first-order chi connectivity index (χ1) is 11.2. The number of nitrogens with one attached hydrogen (secondary N) is 1. The molecule has 0 heterocycles. The van der Waals surface area contributed by atoms with E-state index in [1.807, 2.05) is 60.7 Å². The number of hydrogen-bond acceptors (Lipinski definition) is 3. The fraction of sp³-hybridized carbons (Fsp3) is 0.263. The lowest BCUT2D eigenvalue weighted by molar-refractivity contribution is -0.119. The fourth-order valence-electron chi connectivity index (χ4n) is 2.52. The second-order valence-electron chi connectivity index (χ2n) is 5.24. The molecule has 4 heteroatoms. The standard InChI is InChI=1S/C19H21NO2S/c1-23-19(22)20-14-8-13-17(21)18(15-9-4-2-5-10-15)16-11-6-3-7-12-16/h2-7,9-12,18H,8,13-14H2,1H3,(H,20,22). The minimum absolute atomic E-state index is 0.0554. The molecule has 3 nitrogen and oxygen atoms in total. The molecule has 0 radical (unpaired) electrons. The Morgan fingerprint density at radius 1 is 0.957 bits per heavy atom. The van der Waals surface area contributed by atoms with Gasteiger partial charge in [-0.25, -0.2) is 0 Å². The minimum atomic E-state index is -0.242. The van der Waals surface area contributed by atoms with Crippen molar-refractivity contribution >= 4 is 22.8 Å². The summed E-state index contributed by atoms with van der Waals surface area (Å²) in [5.74, 6) is -0.0607. The molecule has 0 saturated carbocycles. The molecule has 23 heavy (non-hydrogen) atoms. The largest absolute Gasteiger partial charge is 0.347 e. The third kappa shape index (κ3) is 5.25. The van der Waals surface area contributed by atoms with Gasteiger partial charge in [0.1, 0.15) is 5.78 Å². The topological polar surface area (TPSA) is 46.2 Å². The van der Waals surface area contributed by atoms with E-state index in [4.69, 9.17) is 0 Å². The summed E-state index contributed by atoms with van der Waals surface area (Å²) in [5.41, 5.74) is 2.02. The van der Waals surface area contributed by atoms with Crippen LogP contribution in [0.2, 0.25) is 0 Å². The van der Waals surface area contributed by atoms with Crippen molar-refractivity contribution in [2.75, 3.05) is 12.8 Å². The Labute approximate surface area is 141 Å². The van der Waals surface area contributed by atoms with Gasteiger partial charge in [-0.15, -0.1) is 0 Å². The predicted octanol–water partition coefficient (Wildman–Crippen LogP) is 4.24. The molecule has 2 aromatic rings. The number of carbonyl (C=O) groups is 2. The molecule has 0 aliphatic rings. The van der Waals surface area contributed by atoms with E-state index in [1.165, 1.54) is 0 Å². The molecule has 1 amide bonds. The second-order valence-corrected chi connectivity index (χ2v) is 6.02. The first kappa shape index (κ1) is 17.3. The van der Waals surface area contributed by atoms with Crippen molar-refractivity contribution in [1.29, 1.82) is 0 Å². The van der Waals surface area contributed by atoms with E-state index in [9.17, 15) is 9.59 Å². The van der Waals surface area contributed by atoms with Gasteiger partial charge in [-0.3, -0.25) is 9.59 Å². The van der Waals surface area contributed by atoms with Crippen LogP contribution in [0, 0.1) is 0 Å². The Hall–Kier alpha value is -2.07. The molecule has 0 saturated heterocycles. The number of rotatable bonds is 7. The van der Waals surface area contributed by atoms with Gasteiger partial charge in [-0.1, -0.05) is 72.4 Å². The van der Waals surface area contributed by atoms with E-state index >= 15 is 0 Å². The summed E-state index contributed by atoms with van der Waals surface area (Å²) in [6.45, 7) is 0.529. The number of amides is 1. The summed E-state index contributed by atoms with van der Waals surface area (Å²) in [6.07, 6.45) is 2.84. The number of carbonyl (C=O) groups excluding carboxylic acids is 2. The van der Waals surface area contributed by atoms with Crippen molar-refractivity contribution in [2.24, 2.45) is 0 Å². The summed E-state index contributed by atoms with van der Waals surface area (Å²) < 4.78 is 0. The van der Waals surface area contributed by atoms with Gasteiger partial charge in [-0.05, 0) is 23.8 Å². The van der Waals surface area contributed by atoms with Crippen LogP contribution in [0.5, 0.6) is 0 Å². The molecular formula is C19H21NO2S. The number of Topliss-reactive ketones (excluding diaryl/α,β-unsaturated/α-hetero) is 1. The Balaban J connectivity index is 2.06. The van der Waals surface area contributed by atoms with Gasteiger partial charge in [0, 0.05) is 13.0 Å². The Morgan fingerprint density at radius 2 is 1.48 bits per heavy atom. The molecule has 1 N–H and O–H groups in total. The smallest absolute Gasteiger partial charge is 0.278 e. The van der Waals surface area contributed by atoms with Crippen LogP contribution in [-0.2, 0) is 4.79 Å². The van der Waals surface area contributed by atoms with Crippen LogP contribution in [0.15, 0.2) is 60.7 Å². The number of ketones is 1. The average Bonchev–Trinajstić information content (AvgIpc) is 2.60. The molecule has 0 fully saturated rings. The molecule has 0 aliphatic heterocycles. The van der Waals surface area contributed by atoms with E-state index < -0.39 is 0 Å². The maximum Gasteiger partial charge on any atom is 0.278 e. The third-order valence-corrected chi connectivity index (χ3v) is 4.16. The quantitative estimate of drug-likeness (QED) is 0.774. The molecule has 0 bridgehead atoms. The van der Waals surface area contributed by atoms with E-state index in [-0.39, 0.29) is 16.9 Å². The molecule has 120 valence electrons. The van der Waals surface area contributed by atoms with Gasteiger partial charge in [0.05, 0.1) is 5.92 Å². The molecule has 0 atom stereocenters. The van der Waals surface area contributed by atoms with Crippen LogP contribution < -0.4 is 5.32 Å². The number of benzene rings is 2. The van der Waals surface area contributed by atoms with Crippen molar-refractivity contribution in [3.8, 4) is 0 Å². The Bertz CT molecular complexity index is 589. The van der Waals surface area contributed by atoms with Crippen LogP contribution in [0.1, 0.15) is 29.9 Å². The van der Waals surface area contributed by atoms with Crippen molar-refractivity contribution in [3.63, 3.8) is 0 Å². The maximum absolute atomic E-state index is 12.7. The van der Waals surface area contributed by atoms with Crippen molar-refractivity contribution in [1.82, 2.24) is 5.32 Å². The van der Waals surface area contributed by atoms with Crippen molar-refractivity contribution in [3.05, 3.63) is 71.8 Å². The first-order valence-electron chi connectivity index (χ1n) is 7.67. The molecule has 0 spiro atoms. The molecular weight excluding hydrogens is 306 g/mol. The SMILES string of the molecule is CSC(=O)NCCCC(=O)C(c1ccccc1)c1ccccc1. The zero-order valence-electron chi connectivity index (χ0n) is 13.2. The van der Waals surface area contributed by atoms with Crippen LogP contribution >= 0.6 is 11.8 Å². The molecule has 0 aromatic heterocycles. The monoisotopic (exact) mass is 327 g/mol. The van der Waals surface area contributed by atoms with Gasteiger partial charge >= 0.3 is 0 Å². The van der Waals surface area contributed by atoms with Gasteiger partial charge in [0.15, 0.2) is 0 Å². The van der Waals surface area contributed by atoms with Crippen LogP contribution in [0.3, 0.4) is 0 Å². The highest BCUT2D eigenvalue weighted by Crippen LogP contribution is 2.27. The summed E-state index contributed by atoms with van der Waals surface area (Å²) in [5, 5.41) is 2.72. The Morgan fingerprint density at radius 3 is 1.96 bits per heavy atom. The van der Waals surface area contributed by atoms with E-state index in [0.29, 0.717) is 19.4 Å². The highest BCUT2D eigenvalue weighted by molar-refractivity contribution is 8.12. The van der Waals surface area contributed by atoms with Crippen LogP contribution in [-0.4, -0.2) is 23.8 Å². The van der Waals surface area contributed by atoms with Gasteiger partial charge < -0.3 is 5.32 Å². The zero-order chi connectivity index (χ0) is 16.5. The lowest BCUT2D eigenvalue weighted by Gasteiger charge is -2.17.